The number of carbonyl (C=O) groups excluding carboxylic acids is 1. The third kappa shape index (κ3) is 3.28. The first-order valence-electron chi connectivity index (χ1n) is 7.26. The van der Waals surface area contributed by atoms with Crippen LogP contribution in [0.4, 0.5) is 5.69 Å². The van der Waals surface area contributed by atoms with Crippen LogP contribution in [0.2, 0.25) is 0 Å². The number of hydrogen-bond donors (Lipinski definition) is 1. The number of anilines is 1. The molecule has 3 nitrogen and oxygen atoms in total. The number of rotatable bonds is 4. The summed E-state index contributed by atoms with van der Waals surface area (Å²) in [6.07, 6.45) is 2.21. The van der Waals surface area contributed by atoms with Gasteiger partial charge in [-0.05, 0) is 49.9 Å². The molecule has 1 saturated heterocycles. The molecular formula is C16H24N2O. The SMILES string of the molecule is CCCNc1ccc(C(=O)N2CC(C)CC2C)cc1. The van der Waals surface area contributed by atoms with E-state index < -0.39 is 0 Å². The third-order valence-electron chi connectivity index (χ3n) is 3.76. The minimum absolute atomic E-state index is 0.166. The maximum Gasteiger partial charge on any atom is 0.254 e. The van der Waals surface area contributed by atoms with Gasteiger partial charge in [0, 0.05) is 30.4 Å². The van der Waals surface area contributed by atoms with Gasteiger partial charge in [-0.2, -0.15) is 0 Å². The lowest BCUT2D eigenvalue weighted by molar-refractivity contribution is 0.0744. The number of amides is 1. The van der Waals surface area contributed by atoms with Crippen LogP contribution < -0.4 is 5.32 Å². The molecule has 1 aliphatic rings. The molecule has 2 rings (SSSR count). The Morgan fingerprint density at radius 2 is 2.00 bits per heavy atom. The van der Waals surface area contributed by atoms with E-state index in [1.165, 1.54) is 0 Å². The van der Waals surface area contributed by atoms with E-state index in [9.17, 15) is 4.79 Å². The molecule has 1 fully saturated rings. The minimum atomic E-state index is 0.166. The lowest BCUT2D eigenvalue weighted by Gasteiger charge is -2.21. The van der Waals surface area contributed by atoms with Crippen LogP contribution in [0.15, 0.2) is 24.3 Å². The average molecular weight is 260 g/mol. The summed E-state index contributed by atoms with van der Waals surface area (Å²) >= 11 is 0. The van der Waals surface area contributed by atoms with Crippen LogP contribution in [0, 0.1) is 5.92 Å². The molecule has 2 unspecified atom stereocenters. The topological polar surface area (TPSA) is 32.3 Å². The van der Waals surface area contributed by atoms with Gasteiger partial charge in [-0.1, -0.05) is 13.8 Å². The highest BCUT2D eigenvalue weighted by atomic mass is 16.2. The first-order valence-corrected chi connectivity index (χ1v) is 7.26. The number of nitrogens with zero attached hydrogens (tertiary/aromatic N) is 1. The zero-order valence-electron chi connectivity index (χ0n) is 12.1. The van der Waals surface area contributed by atoms with Gasteiger partial charge in [-0.15, -0.1) is 0 Å². The molecular weight excluding hydrogens is 236 g/mol. The fourth-order valence-electron chi connectivity index (χ4n) is 2.75. The highest BCUT2D eigenvalue weighted by Crippen LogP contribution is 2.24. The zero-order valence-corrected chi connectivity index (χ0v) is 12.1. The summed E-state index contributed by atoms with van der Waals surface area (Å²) in [5, 5.41) is 3.32. The first kappa shape index (κ1) is 13.9. The molecule has 1 aliphatic heterocycles. The van der Waals surface area contributed by atoms with Crippen LogP contribution in [0.1, 0.15) is 44.0 Å². The highest BCUT2D eigenvalue weighted by molar-refractivity contribution is 5.95. The normalized spacial score (nSPS) is 22.6. The quantitative estimate of drug-likeness (QED) is 0.900. The van der Waals surface area contributed by atoms with E-state index in [1.807, 2.05) is 29.2 Å². The largest absolute Gasteiger partial charge is 0.385 e. The summed E-state index contributed by atoms with van der Waals surface area (Å²) < 4.78 is 0. The molecule has 3 heteroatoms. The van der Waals surface area contributed by atoms with E-state index in [4.69, 9.17) is 0 Å². The number of carbonyl (C=O) groups is 1. The smallest absolute Gasteiger partial charge is 0.254 e. The second-order valence-corrected chi connectivity index (χ2v) is 5.65. The van der Waals surface area contributed by atoms with Gasteiger partial charge in [0.15, 0.2) is 0 Å². The third-order valence-corrected chi connectivity index (χ3v) is 3.76. The van der Waals surface area contributed by atoms with E-state index in [2.05, 4.69) is 26.1 Å². The summed E-state index contributed by atoms with van der Waals surface area (Å²) in [6.45, 7) is 8.34. The predicted octanol–water partition coefficient (Wildman–Crippen LogP) is 3.38. The Hall–Kier alpha value is -1.51. The van der Waals surface area contributed by atoms with E-state index in [-0.39, 0.29) is 5.91 Å². The molecule has 104 valence electrons. The van der Waals surface area contributed by atoms with Crippen LogP contribution in [0.3, 0.4) is 0 Å². The summed E-state index contributed by atoms with van der Waals surface area (Å²) in [5.74, 6) is 0.781. The van der Waals surface area contributed by atoms with Gasteiger partial charge in [0.05, 0.1) is 0 Å². The van der Waals surface area contributed by atoms with Crippen molar-refractivity contribution in [2.75, 3.05) is 18.4 Å². The lowest BCUT2D eigenvalue weighted by atomic mass is 10.1. The van der Waals surface area contributed by atoms with Gasteiger partial charge in [0.1, 0.15) is 0 Å². The maximum atomic E-state index is 12.4. The van der Waals surface area contributed by atoms with E-state index in [1.54, 1.807) is 0 Å². The lowest BCUT2D eigenvalue weighted by Crippen LogP contribution is -2.33. The summed E-state index contributed by atoms with van der Waals surface area (Å²) in [5.41, 5.74) is 1.88. The monoisotopic (exact) mass is 260 g/mol. The van der Waals surface area contributed by atoms with Crippen molar-refractivity contribution in [2.24, 2.45) is 5.92 Å². The molecule has 0 spiro atoms. The van der Waals surface area contributed by atoms with Gasteiger partial charge in [-0.25, -0.2) is 0 Å². The standard InChI is InChI=1S/C16H24N2O/c1-4-9-17-15-7-5-14(6-8-15)16(19)18-11-12(2)10-13(18)3/h5-8,12-13,17H,4,9-11H2,1-3H3. The molecule has 2 atom stereocenters. The summed E-state index contributed by atoms with van der Waals surface area (Å²) in [7, 11) is 0. The number of benzene rings is 1. The van der Waals surface area contributed by atoms with Crippen LogP contribution in [0.25, 0.3) is 0 Å². The molecule has 1 N–H and O–H groups in total. The molecule has 1 aromatic rings. The number of hydrogen-bond acceptors (Lipinski definition) is 2. The van der Waals surface area contributed by atoms with Gasteiger partial charge in [0.2, 0.25) is 0 Å². The Morgan fingerprint density at radius 3 is 2.53 bits per heavy atom. The van der Waals surface area contributed by atoms with Crippen molar-refractivity contribution in [1.29, 1.82) is 0 Å². The fourth-order valence-corrected chi connectivity index (χ4v) is 2.75. The van der Waals surface area contributed by atoms with Crippen molar-refractivity contribution in [1.82, 2.24) is 4.90 Å². The second-order valence-electron chi connectivity index (χ2n) is 5.65. The van der Waals surface area contributed by atoms with Gasteiger partial charge in [-0.3, -0.25) is 4.79 Å². The second kappa shape index (κ2) is 6.09. The molecule has 0 saturated carbocycles. The summed E-state index contributed by atoms with van der Waals surface area (Å²) in [6, 6.07) is 8.20. The van der Waals surface area contributed by atoms with Crippen molar-refractivity contribution < 1.29 is 4.79 Å². The molecule has 1 amide bonds. The van der Waals surface area contributed by atoms with Crippen LogP contribution >= 0.6 is 0 Å². The van der Waals surface area contributed by atoms with Crippen molar-refractivity contribution in [3.63, 3.8) is 0 Å². The van der Waals surface area contributed by atoms with Crippen molar-refractivity contribution in [3.05, 3.63) is 29.8 Å². The van der Waals surface area contributed by atoms with E-state index in [0.29, 0.717) is 12.0 Å². The molecule has 1 aromatic carbocycles. The van der Waals surface area contributed by atoms with Crippen LogP contribution in [-0.2, 0) is 0 Å². The highest BCUT2D eigenvalue weighted by Gasteiger charge is 2.30. The van der Waals surface area contributed by atoms with Crippen LogP contribution in [-0.4, -0.2) is 29.9 Å². The fraction of sp³-hybridized carbons (Fsp3) is 0.562. The summed E-state index contributed by atoms with van der Waals surface area (Å²) in [4.78, 5) is 14.4. The van der Waals surface area contributed by atoms with E-state index in [0.717, 1.165) is 37.2 Å². The van der Waals surface area contributed by atoms with Crippen molar-refractivity contribution in [3.8, 4) is 0 Å². The zero-order chi connectivity index (χ0) is 13.8. The van der Waals surface area contributed by atoms with Gasteiger partial charge in [0.25, 0.3) is 5.91 Å². The maximum absolute atomic E-state index is 12.4. The number of nitrogens with one attached hydrogen (secondary N) is 1. The molecule has 19 heavy (non-hydrogen) atoms. The Bertz CT molecular complexity index is 427. The average Bonchev–Trinajstić information content (AvgIpc) is 2.75. The molecule has 0 bridgehead atoms. The first-order chi connectivity index (χ1) is 9.11. The van der Waals surface area contributed by atoms with E-state index >= 15 is 0 Å². The predicted molar refractivity (Wildman–Crippen MR) is 79.5 cm³/mol. The van der Waals surface area contributed by atoms with Crippen molar-refractivity contribution in [2.45, 2.75) is 39.7 Å². The van der Waals surface area contributed by atoms with Gasteiger partial charge >= 0.3 is 0 Å². The molecule has 0 aliphatic carbocycles. The van der Waals surface area contributed by atoms with Crippen molar-refractivity contribution >= 4 is 11.6 Å². The Kier molecular flexibility index (Phi) is 4.46. The Labute approximate surface area is 116 Å². The van der Waals surface area contributed by atoms with Crippen LogP contribution in [0.5, 0.6) is 0 Å². The molecule has 1 heterocycles. The number of likely N-dealkylation sites (tertiary alicyclic amines) is 1. The molecule has 0 radical (unpaired) electrons. The minimum Gasteiger partial charge on any atom is -0.385 e. The molecule has 0 aromatic heterocycles. The Balaban J connectivity index is 2.03. The van der Waals surface area contributed by atoms with Gasteiger partial charge < -0.3 is 10.2 Å². The Morgan fingerprint density at radius 1 is 1.32 bits per heavy atom.